The lowest BCUT2D eigenvalue weighted by molar-refractivity contribution is -0.0731. The van der Waals surface area contributed by atoms with Crippen molar-refractivity contribution >= 4 is 5.97 Å². The fourth-order valence-corrected chi connectivity index (χ4v) is 5.44. The summed E-state index contributed by atoms with van der Waals surface area (Å²) >= 11 is 0. The van der Waals surface area contributed by atoms with Crippen LogP contribution in [0.1, 0.15) is 93.6 Å². The first-order chi connectivity index (χ1) is 12.3. The second-order valence-electron chi connectivity index (χ2n) is 9.13. The summed E-state index contributed by atoms with van der Waals surface area (Å²) in [4.78, 5) is 12.2. The van der Waals surface area contributed by atoms with E-state index in [0.717, 1.165) is 61.8 Å². The molecule has 142 valence electrons. The van der Waals surface area contributed by atoms with Crippen molar-refractivity contribution in [1.29, 1.82) is 0 Å². The molecule has 2 aliphatic heterocycles. The lowest BCUT2D eigenvalue weighted by atomic mass is 9.61. The maximum absolute atomic E-state index is 12.2. The van der Waals surface area contributed by atoms with E-state index in [-0.39, 0.29) is 11.2 Å². The molecule has 0 aromatic heterocycles. The topological polar surface area (TPSA) is 55.8 Å². The average Bonchev–Trinajstić information content (AvgIpc) is 2.52. The molecule has 1 aromatic carbocycles. The normalized spacial score (nSPS) is 30.3. The van der Waals surface area contributed by atoms with E-state index in [1.807, 2.05) is 6.07 Å². The fourth-order valence-electron chi connectivity index (χ4n) is 5.44. The minimum absolute atomic E-state index is 0.223. The lowest BCUT2D eigenvalue weighted by Gasteiger charge is -2.55. The first-order valence-electron chi connectivity index (χ1n) is 10.1. The van der Waals surface area contributed by atoms with Crippen LogP contribution in [0.2, 0.25) is 0 Å². The van der Waals surface area contributed by atoms with E-state index in [4.69, 9.17) is 9.47 Å². The first-order valence-corrected chi connectivity index (χ1v) is 10.1. The number of hydrogen-bond donors (Lipinski definition) is 1. The second-order valence-corrected chi connectivity index (χ2v) is 9.13. The molecule has 4 rings (SSSR count). The molecule has 26 heavy (non-hydrogen) atoms. The summed E-state index contributed by atoms with van der Waals surface area (Å²) in [7, 11) is 0. The summed E-state index contributed by atoms with van der Waals surface area (Å²) in [5.74, 6) is 1.32. The van der Waals surface area contributed by atoms with E-state index < -0.39 is 5.97 Å². The predicted molar refractivity (Wildman–Crippen MR) is 100 cm³/mol. The molecule has 2 heterocycles. The molecule has 0 amide bonds. The van der Waals surface area contributed by atoms with Crippen molar-refractivity contribution in [2.24, 2.45) is 5.92 Å². The van der Waals surface area contributed by atoms with Crippen molar-refractivity contribution < 1.29 is 19.4 Å². The van der Waals surface area contributed by atoms with Gasteiger partial charge in [-0.15, -0.1) is 0 Å². The quantitative estimate of drug-likeness (QED) is 0.724. The number of carbonyl (C=O) groups is 1. The van der Waals surface area contributed by atoms with Crippen LogP contribution in [-0.4, -0.2) is 22.3 Å². The van der Waals surface area contributed by atoms with Crippen LogP contribution in [0.15, 0.2) is 6.07 Å². The SMILES string of the molecule is CCCCCc1cc2c3c(c1C(=O)O)OC1(C)CCC(C3C1)C(C)(C)O2. The number of aromatic carboxylic acids is 1. The van der Waals surface area contributed by atoms with Gasteiger partial charge in [0.05, 0.1) is 0 Å². The molecular weight excluding hydrogens is 328 g/mol. The number of fused-ring (bicyclic) bond motifs is 1. The largest absolute Gasteiger partial charge is 0.487 e. The molecule has 4 heteroatoms. The molecule has 0 saturated heterocycles. The van der Waals surface area contributed by atoms with Gasteiger partial charge in [-0.1, -0.05) is 19.8 Å². The summed E-state index contributed by atoms with van der Waals surface area (Å²) in [6, 6.07) is 2.00. The number of carboxylic acids is 1. The minimum atomic E-state index is -0.876. The highest BCUT2D eigenvalue weighted by molar-refractivity contribution is 5.94. The first kappa shape index (κ1) is 17.7. The monoisotopic (exact) mass is 358 g/mol. The van der Waals surface area contributed by atoms with Crippen LogP contribution in [0.25, 0.3) is 0 Å². The van der Waals surface area contributed by atoms with Gasteiger partial charge in [-0.25, -0.2) is 4.79 Å². The van der Waals surface area contributed by atoms with Gasteiger partial charge >= 0.3 is 5.97 Å². The number of hydrogen-bond acceptors (Lipinski definition) is 3. The van der Waals surface area contributed by atoms with E-state index >= 15 is 0 Å². The van der Waals surface area contributed by atoms with Crippen LogP contribution in [0.4, 0.5) is 0 Å². The van der Waals surface area contributed by atoms with Gasteiger partial charge < -0.3 is 14.6 Å². The Morgan fingerprint density at radius 1 is 1.27 bits per heavy atom. The highest BCUT2D eigenvalue weighted by Crippen LogP contribution is 2.61. The van der Waals surface area contributed by atoms with Crippen molar-refractivity contribution in [3.8, 4) is 11.5 Å². The van der Waals surface area contributed by atoms with Gasteiger partial charge in [0.1, 0.15) is 28.3 Å². The van der Waals surface area contributed by atoms with E-state index in [1.165, 1.54) is 0 Å². The Kier molecular flexibility index (Phi) is 4.01. The number of rotatable bonds is 5. The molecular formula is C22H30O4. The third-order valence-electron chi connectivity index (χ3n) is 6.73. The van der Waals surface area contributed by atoms with E-state index in [1.54, 1.807) is 0 Å². The Hall–Kier alpha value is -1.71. The smallest absolute Gasteiger partial charge is 0.339 e. The minimum Gasteiger partial charge on any atom is -0.487 e. The third kappa shape index (κ3) is 2.60. The van der Waals surface area contributed by atoms with Crippen LogP contribution in [-0.2, 0) is 6.42 Å². The molecule has 0 radical (unpaired) electrons. The highest BCUT2D eigenvalue weighted by atomic mass is 16.5. The Labute approximate surface area is 155 Å². The van der Waals surface area contributed by atoms with Crippen molar-refractivity contribution in [2.75, 3.05) is 0 Å². The number of unbranched alkanes of at least 4 members (excludes halogenated alkanes) is 2. The molecule has 1 aliphatic carbocycles. The Balaban J connectivity index is 1.90. The summed E-state index contributed by atoms with van der Waals surface area (Å²) in [5.41, 5.74) is 1.77. The molecule has 3 aliphatic rings. The maximum Gasteiger partial charge on any atom is 0.339 e. The van der Waals surface area contributed by atoms with E-state index in [9.17, 15) is 9.90 Å². The van der Waals surface area contributed by atoms with Crippen LogP contribution < -0.4 is 9.47 Å². The second kappa shape index (κ2) is 5.90. The van der Waals surface area contributed by atoms with Crippen LogP contribution in [0.3, 0.4) is 0 Å². The fraction of sp³-hybridized carbons (Fsp3) is 0.682. The average molecular weight is 358 g/mol. The number of aryl methyl sites for hydroxylation is 1. The van der Waals surface area contributed by atoms with Crippen LogP contribution in [0.5, 0.6) is 11.5 Å². The zero-order chi connectivity index (χ0) is 18.7. The molecule has 1 N–H and O–H groups in total. The zero-order valence-corrected chi connectivity index (χ0v) is 16.4. The number of ether oxygens (including phenoxy) is 2. The van der Waals surface area contributed by atoms with Gasteiger partial charge in [0.25, 0.3) is 0 Å². The summed E-state index contributed by atoms with van der Waals surface area (Å²) in [5, 5.41) is 9.98. The Bertz CT molecular complexity index is 751. The van der Waals surface area contributed by atoms with Crippen molar-refractivity contribution in [2.45, 2.75) is 89.8 Å². The predicted octanol–water partition coefficient (Wildman–Crippen LogP) is 5.32. The van der Waals surface area contributed by atoms with Gasteiger partial charge in [-0.05, 0) is 64.5 Å². The van der Waals surface area contributed by atoms with Crippen molar-refractivity contribution in [1.82, 2.24) is 0 Å². The van der Waals surface area contributed by atoms with Gasteiger partial charge in [-0.2, -0.15) is 0 Å². The standard InChI is InChI=1S/C22H30O4/c1-5-6-7-8-13-11-16-18-14-12-22(4,26-19(18)17(13)20(23)24)10-9-15(14)21(2,3)25-16/h11,14-15H,5-10,12H2,1-4H3,(H,23,24). The molecule has 3 unspecified atom stereocenters. The van der Waals surface area contributed by atoms with E-state index in [0.29, 0.717) is 23.1 Å². The Morgan fingerprint density at radius 3 is 2.73 bits per heavy atom. The molecule has 2 bridgehead atoms. The lowest BCUT2D eigenvalue weighted by Crippen LogP contribution is -2.54. The summed E-state index contributed by atoms with van der Waals surface area (Å²) in [6.45, 7) is 8.66. The van der Waals surface area contributed by atoms with Gasteiger partial charge in [0.15, 0.2) is 0 Å². The summed E-state index contributed by atoms with van der Waals surface area (Å²) in [6.07, 6.45) is 6.93. The maximum atomic E-state index is 12.2. The molecule has 4 nitrogen and oxygen atoms in total. The van der Waals surface area contributed by atoms with Gasteiger partial charge in [0, 0.05) is 17.4 Å². The summed E-state index contributed by atoms with van der Waals surface area (Å²) < 4.78 is 12.8. The van der Waals surface area contributed by atoms with Gasteiger partial charge in [-0.3, -0.25) is 0 Å². The molecule has 3 atom stereocenters. The van der Waals surface area contributed by atoms with Crippen LogP contribution >= 0.6 is 0 Å². The zero-order valence-electron chi connectivity index (χ0n) is 16.4. The van der Waals surface area contributed by atoms with Crippen molar-refractivity contribution in [3.63, 3.8) is 0 Å². The van der Waals surface area contributed by atoms with Crippen molar-refractivity contribution in [3.05, 3.63) is 22.8 Å². The molecule has 0 spiro atoms. The third-order valence-corrected chi connectivity index (χ3v) is 6.73. The molecule has 1 aromatic rings. The number of carboxylic acid groups (broad SMARTS) is 1. The Morgan fingerprint density at radius 2 is 2.04 bits per heavy atom. The molecule has 1 fully saturated rings. The van der Waals surface area contributed by atoms with Crippen LogP contribution in [0, 0.1) is 5.92 Å². The molecule has 1 saturated carbocycles. The number of benzene rings is 1. The highest BCUT2D eigenvalue weighted by Gasteiger charge is 2.55. The van der Waals surface area contributed by atoms with Gasteiger partial charge in [0.2, 0.25) is 0 Å². The van der Waals surface area contributed by atoms with E-state index in [2.05, 4.69) is 27.7 Å².